The topological polar surface area (TPSA) is 83.8 Å². The predicted molar refractivity (Wildman–Crippen MR) is 116 cm³/mol. The highest BCUT2D eigenvalue weighted by Crippen LogP contribution is 2.27. The Morgan fingerprint density at radius 2 is 2.00 bits per heavy atom. The minimum Gasteiger partial charge on any atom is -0.325 e. The van der Waals surface area contributed by atoms with Crippen molar-refractivity contribution in [2.24, 2.45) is 0 Å². The van der Waals surface area contributed by atoms with Crippen LogP contribution in [0.3, 0.4) is 0 Å². The lowest BCUT2D eigenvalue weighted by molar-refractivity contribution is -0.116. The van der Waals surface area contributed by atoms with Gasteiger partial charge in [-0.3, -0.25) is 9.20 Å². The smallest absolute Gasteiger partial charge is 0.252 e. The third-order valence-corrected chi connectivity index (χ3v) is 8.41. The summed E-state index contributed by atoms with van der Waals surface area (Å²) in [6, 6.07) is 10.2. The standard InChI is InChI=1S/C18H15ClN4O3S3/c1-22(29(25,26)17-7-6-15(19)28-17)11-16(24)20-13-4-2-12(3-5-13)14-10-23-8-9-27-18(23)21-14/h2-10H,11H2,1H3,(H,20,24). The van der Waals surface area contributed by atoms with Gasteiger partial charge in [0.25, 0.3) is 10.0 Å². The van der Waals surface area contributed by atoms with E-state index < -0.39 is 15.9 Å². The van der Waals surface area contributed by atoms with E-state index in [1.807, 2.05) is 34.3 Å². The molecule has 0 aliphatic carbocycles. The Bertz CT molecular complexity index is 1250. The van der Waals surface area contributed by atoms with Crippen LogP contribution < -0.4 is 5.32 Å². The number of amides is 1. The molecule has 0 radical (unpaired) electrons. The number of carbonyl (C=O) groups is 1. The first-order valence-electron chi connectivity index (χ1n) is 8.37. The van der Waals surface area contributed by atoms with Crippen LogP contribution >= 0.6 is 34.3 Å². The fourth-order valence-electron chi connectivity index (χ4n) is 2.67. The number of thiophene rings is 1. The SMILES string of the molecule is CN(CC(=O)Nc1ccc(-c2cn3ccsc3n2)cc1)S(=O)(=O)c1ccc(Cl)s1. The molecule has 7 nitrogen and oxygen atoms in total. The van der Waals surface area contributed by atoms with E-state index in [0.29, 0.717) is 10.0 Å². The van der Waals surface area contributed by atoms with Crippen molar-refractivity contribution in [3.63, 3.8) is 0 Å². The summed E-state index contributed by atoms with van der Waals surface area (Å²) in [5.41, 5.74) is 2.34. The summed E-state index contributed by atoms with van der Waals surface area (Å²) in [5, 5.41) is 4.68. The highest BCUT2D eigenvalue weighted by molar-refractivity contribution is 7.91. The largest absolute Gasteiger partial charge is 0.325 e. The lowest BCUT2D eigenvalue weighted by Gasteiger charge is -2.15. The molecule has 4 aromatic rings. The van der Waals surface area contributed by atoms with Gasteiger partial charge in [0.2, 0.25) is 5.91 Å². The maximum Gasteiger partial charge on any atom is 0.252 e. The molecule has 1 amide bonds. The second-order valence-electron chi connectivity index (χ2n) is 6.16. The molecular weight excluding hydrogens is 452 g/mol. The number of likely N-dealkylation sites (N-methyl/N-ethyl adjacent to an activating group) is 1. The summed E-state index contributed by atoms with van der Waals surface area (Å²) in [6.45, 7) is -0.309. The van der Waals surface area contributed by atoms with E-state index in [4.69, 9.17) is 11.6 Å². The number of hydrogen-bond donors (Lipinski definition) is 1. The van der Waals surface area contributed by atoms with Crippen molar-refractivity contribution in [1.82, 2.24) is 13.7 Å². The number of benzene rings is 1. The van der Waals surface area contributed by atoms with E-state index >= 15 is 0 Å². The van der Waals surface area contributed by atoms with E-state index in [0.717, 1.165) is 31.9 Å². The molecule has 3 heterocycles. The molecule has 0 fully saturated rings. The molecule has 0 saturated heterocycles. The Hall–Kier alpha value is -2.24. The van der Waals surface area contributed by atoms with Gasteiger partial charge in [-0.15, -0.1) is 22.7 Å². The average Bonchev–Trinajstić information content (AvgIpc) is 3.38. The normalized spacial score (nSPS) is 12.0. The number of nitrogens with zero attached hydrogens (tertiary/aromatic N) is 3. The third kappa shape index (κ3) is 4.21. The first-order valence-corrected chi connectivity index (χ1v) is 11.9. The average molecular weight is 467 g/mol. The maximum atomic E-state index is 12.5. The van der Waals surface area contributed by atoms with Gasteiger partial charge in [-0.2, -0.15) is 4.31 Å². The molecule has 150 valence electrons. The van der Waals surface area contributed by atoms with Gasteiger partial charge in [-0.1, -0.05) is 23.7 Å². The predicted octanol–water partition coefficient (Wildman–Crippen LogP) is 4.04. The molecule has 0 aliphatic rings. The minimum atomic E-state index is -3.76. The van der Waals surface area contributed by atoms with Crippen LogP contribution in [-0.4, -0.2) is 41.6 Å². The summed E-state index contributed by atoms with van der Waals surface area (Å²) in [4.78, 5) is 17.7. The third-order valence-electron chi connectivity index (χ3n) is 4.14. The molecule has 0 spiro atoms. The second-order valence-corrected chi connectivity index (χ2v) is 11.0. The zero-order valence-electron chi connectivity index (χ0n) is 15.1. The lowest BCUT2D eigenvalue weighted by atomic mass is 10.1. The molecule has 0 atom stereocenters. The fraction of sp³-hybridized carbons (Fsp3) is 0.111. The van der Waals surface area contributed by atoms with Crippen molar-refractivity contribution < 1.29 is 13.2 Å². The van der Waals surface area contributed by atoms with E-state index in [1.54, 1.807) is 23.5 Å². The van der Waals surface area contributed by atoms with Gasteiger partial charge in [-0.25, -0.2) is 13.4 Å². The zero-order valence-corrected chi connectivity index (χ0v) is 18.3. The molecule has 0 aliphatic heterocycles. The van der Waals surface area contributed by atoms with E-state index in [1.165, 1.54) is 19.2 Å². The van der Waals surface area contributed by atoms with E-state index in [-0.39, 0.29) is 10.8 Å². The van der Waals surface area contributed by atoms with Crippen LogP contribution in [0.4, 0.5) is 5.69 Å². The van der Waals surface area contributed by atoms with Crippen LogP contribution in [0, 0.1) is 0 Å². The van der Waals surface area contributed by atoms with Crippen molar-refractivity contribution in [1.29, 1.82) is 0 Å². The van der Waals surface area contributed by atoms with Gasteiger partial charge in [0.1, 0.15) is 4.21 Å². The molecule has 11 heteroatoms. The van der Waals surface area contributed by atoms with Crippen molar-refractivity contribution in [3.8, 4) is 11.3 Å². The number of hydrogen-bond acceptors (Lipinski definition) is 6. The number of rotatable bonds is 6. The summed E-state index contributed by atoms with van der Waals surface area (Å²) in [5.74, 6) is -0.436. The molecule has 1 aromatic carbocycles. The first kappa shape index (κ1) is 20.0. The lowest BCUT2D eigenvalue weighted by Crippen LogP contribution is -2.34. The maximum absolute atomic E-state index is 12.5. The number of carbonyl (C=O) groups excluding carboxylic acids is 1. The molecule has 0 unspecified atom stereocenters. The molecule has 29 heavy (non-hydrogen) atoms. The van der Waals surface area contributed by atoms with Crippen LogP contribution in [0.2, 0.25) is 4.34 Å². The van der Waals surface area contributed by atoms with Crippen LogP contribution in [0.1, 0.15) is 0 Å². The van der Waals surface area contributed by atoms with Crippen LogP contribution in [0.5, 0.6) is 0 Å². The molecule has 4 rings (SSSR count). The summed E-state index contributed by atoms with van der Waals surface area (Å²) >= 11 is 8.32. The molecule has 3 aromatic heterocycles. The highest BCUT2D eigenvalue weighted by Gasteiger charge is 2.24. The Kier molecular flexibility index (Phi) is 5.45. The van der Waals surface area contributed by atoms with Gasteiger partial charge in [0, 0.05) is 36.1 Å². The Morgan fingerprint density at radius 1 is 1.24 bits per heavy atom. The molecule has 0 bridgehead atoms. The quantitative estimate of drug-likeness (QED) is 0.465. The number of aromatic nitrogens is 2. The van der Waals surface area contributed by atoms with Crippen LogP contribution in [0.25, 0.3) is 16.2 Å². The van der Waals surface area contributed by atoms with Crippen molar-refractivity contribution in [2.45, 2.75) is 4.21 Å². The number of thiazole rings is 1. The Labute approximate surface area is 180 Å². The van der Waals surface area contributed by atoms with Gasteiger partial charge in [0.15, 0.2) is 4.96 Å². The first-order chi connectivity index (χ1) is 13.8. The number of sulfonamides is 1. The monoisotopic (exact) mass is 466 g/mol. The minimum absolute atomic E-state index is 0.0992. The van der Waals surface area contributed by atoms with E-state index in [9.17, 15) is 13.2 Å². The Morgan fingerprint density at radius 3 is 2.66 bits per heavy atom. The fourth-order valence-corrected chi connectivity index (χ4v) is 6.19. The van der Waals surface area contributed by atoms with Gasteiger partial charge in [-0.05, 0) is 24.3 Å². The van der Waals surface area contributed by atoms with Crippen molar-refractivity contribution in [2.75, 3.05) is 18.9 Å². The van der Waals surface area contributed by atoms with Crippen LogP contribution in [-0.2, 0) is 14.8 Å². The zero-order chi connectivity index (χ0) is 20.6. The number of halogens is 1. The molecule has 0 saturated carbocycles. The van der Waals surface area contributed by atoms with Gasteiger partial charge >= 0.3 is 0 Å². The number of fused-ring (bicyclic) bond motifs is 1. The van der Waals surface area contributed by atoms with Gasteiger partial charge in [0.05, 0.1) is 16.6 Å². The molecule has 1 N–H and O–H groups in total. The van der Waals surface area contributed by atoms with Crippen molar-refractivity contribution in [3.05, 3.63) is 58.5 Å². The summed E-state index contributed by atoms with van der Waals surface area (Å²) in [7, 11) is -2.40. The van der Waals surface area contributed by atoms with Gasteiger partial charge < -0.3 is 5.32 Å². The van der Waals surface area contributed by atoms with Crippen LogP contribution in [0.15, 0.2) is 58.4 Å². The summed E-state index contributed by atoms with van der Waals surface area (Å²) in [6.07, 6.45) is 3.88. The molecular formula is C18H15ClN4O3S3. The number of imidazole rings is 1. The number of nitrogens with one attached hydrogen (secondary N) is 1. The van der Waals surface area contributed by atoms with Crippen molar-refractivity contribution >= 4 is 60.9 Å². The highest BCUT2D eigenvalue weighted by atomic mass is 35.5. The summed E-state index contributed by atoms with van der Waals surface area (Å²) < 4.78 is 28.4. The number of anilines is 1. The second kappa shape index (κ2) is 7.88. The Balaban J connectivity index is 1.41. The van der Waals surface area contributed by atoms with E-state index in [2.05, 4.69) is 10.3 Å².